The molecule has 0 fully saturated rings. The minimum atomic E-state index is -0.572. The molecule has 96 valence electrons. The third-order valence-corrected chi connectivity index (χ3v) is 3.25. The predicted molar refractivity (Wildman–Crippen MR) is 76.3 cm³/mol. The second kappa shape index (κ2) is 6.55. The van der Waals surface area contributed by atoms with E-state index < -0.39 is 5.92 Å². The van der Waals surface area contributed by atoms with E-state index >= 15 is 0 Å². The molecule has 1 aromatic carbocycles. The van der Waals surface area contributed by atoms with E-state index in [1.165, 1.54) is 0 Å². The van der Waals surface area contributed by atoms with Gasteiger partial charge in [0.05, 0.1) is 6.07 Å². The van der Waals surface area contributed by atoms with Crippen LogP contribution in [-0.2, 0) is 4.79 Å². The van der Waals surface area contributed by atoms with Crippen LogP contribution in [-0.4, -0.2) is 5.91 Å². The molecule has 4 heteroatoms. The summed E-state index contributed by atoms with van der Waals surface area (Å²) in [6.07, 6.45) is 1.42. The average Bonchev–Trinajstić information content (AvgIpc) is 2.30. The summed E-state index contributed by atoms with van der Waals surface area (Å²) in [5, 5.41) is 11.8. The number of aryl methyl sites for hydroxylation is 2. The fourth-order valence-electron chi connectivity index (χ4n) is 1.86. The number of carbonyl (C=O) groups excluding carboxylic acids is 1. The molecule has 0 aliphatic carbocycles. The Bertz CT molecular complexity index is 468. The topological polar surface area (TPSA) is 52.9 Å². The highest BCUT2D eigenvalue weighted by Crippen LogP contribution is 2.25. The Balaban J connectivity index is 2.92. The van der Waals surface area contributed by atoms with Gasteiger partial charge < -0.3 is 5.32 Å². The molecule has 0 spiro atoms. The maximum atomic E-state index is 12.0. The molecule has 1 unspecified atom stereocenters. The Kier molecular flexibility index (Phi) is 5.36. The third-order valence-electron chi connectivity index (χ3n) is 2.80. The number of halogens is 1. The largest absolute Gasteiger partial charge is 0.324 e. The van der Waals surface area contributed by atoms with Crippen molar-refractivity contribution in [2.45, 2.75) is 33.6 Å². The van der Waals surface area contributed by atoms with Crippen molar-refractivity contribution in [3.05, 3.63) is 27.7 Å². The van der Waals surface area contributed by atoms with E-state index in [-0.39, 0.29) is 5.91 Å². The van der Waals surface area contributed by atoms with Gasteiger partial charge in [-0.15, -0.1) is 0 Å². The van der Waals surface area contributed by atoms with Crippen LogP contribution in [0.25, 0.3) is 0 Å². The van der Waals surface area contributed by atoms with Crippen molar-refractivity contribution in [1.29, 1.82) is 5.26 Å². The first-order valence-corrected chi connectivity index (χ1v) is 6.76. The van der Waals surface area contributed by atoms with Gasteiger partial charge in [-0.2, -0.15) is 5.26 Å². The van der Waals surface area contributed by atoms with Crippen LogP contribution < -0.4 is 5.32 Å². The zero-order valence-electron chi connectivity index (χ0n) is 10.9. The van der Waals surface area contributed by atoms with Gasteiger partial charge in [0.15, 0.2) is 0 Å². The quantitative estimate of drug-likeness (QED) is 0.915. The minimum Gasteiger partial charge on any atom is -0.324 e. The van der Waals surface area contributed by atoms with Crippen molar-refractivity contribution >= 4 is 27.5 Å². The summed E-state index contributed by atoms with van der Waals surface area (Å²) < 4.78 is 0.987. The molecule has 0 saturated carbocycles. The SMILES string of the molecule is CCCC(C#N)C(=O)Nc1c(C)cc(Br)cc1C. The molecule has 0 aromatic heterocycles. The summed E-state index contributed by atoms with van der Waals surface area (Å²) in [6, 6.07) is 5.95. The number of benzene rings is 1. The Labute approximate surface area is 116 Å². The first kappa shape index (κ1) is 14.7. The van der Waals surface area contributed by atoms with Crippen molar-refractivity contribution in [3.63, 3.8) is 0 Å². The van der Waals surface area contributed by atoms with Gasteiger partial charge >= 0.3 is 0 Å². The molecule has 0 saturated heterocycles. The summed E-state index contributed by atoms with van der Waals surface area (Å²) in [6.45, 7) is 5.84. The number of rotatable bonds is 4. The van der Waals surface area contributed by atoms with Crippen LogP contribution in [0.5, 0.6) is 0 Å². The fourth-order valence-corrected chi connectivity index (χ4v) is 2.55. The third kappa shape index (κ3) is 3.58. The average molecular weight is 309 g/mol. The first-order chi connectivity index (χ1) is 8.49. The molecule has 1 amide bonds. The lowest BCUT2D eigenvalue weighted by atomic mass is 10.0. The van der Waals surface area contributed by atoms with Gasteiger partial charge in [0.2, 0.25) is 5.91 Å². The molecule has 0 radical (unpaired) electrons. The maximum Gasteiger partial charge on any atom is 0.241 e. The molecule has 0 aliphatic heterocycles. The first-order valence-electron chi connectivity index (χ1n) is 5.96. The van der Waals surface area contributed by atoms with Gasteiger partial charge in [-0.3, -0.25) is 4.79 Å². The van der Waals surface area contributed by atoms with Gasteiger partial charge in [-0.25, -0.2) is 0 Å². The lowest BCUT2D eigenvalue weighted by Crippen LogP contribution is -2.22. The van der Waals surface area contributed by atoms with Crippen molar-refractivity contribution < 1.29 is 4.79 Å². The molecule has 0 bridgehead atoms. The van der Waals surface area contributed by atoms with E-state index in [2.05, 4.69) is 27.3 Å². The molecule has 1 atom stereocenters. The molecule has 18 heavy (non-hydrogen) atoms. The zero-order chi connectivity index (χ0) is 13.7. The molecular weight excluding hydrogens is 292 g/mol. The molecule has 3 nitrogen and oxygen atoms in total. The Hall–Kier alpha value is -1.34. The molecule has 1 N–H and O–H groups in total. The lowest BCUT2D eigenvalue weighted by molar-refractivity contribution is -0.118. The zero-order valence-corrected chi connectivity index (χ0v) is 12.5. The number of carbonyl (C=O) groups is 1. The number of hydrogen-bond acceptors (Lipinski definition) is 2. The summed E-state index contributed by atoms with van der Waals surface area (Å²) in [4.78, 5) is 12.0. The van der Waals surface area contributed by atoms with Crippen LogP contribution in [0.1, 0.15) is 30.9 Å². The lowest BCUT2D eigenvalue weighted by Gasteiger charge is -2.14. The number of nitrogens with one attached hydrogen (secondary N) is 1. The number of nitrogens with zero attached hydrogens (tertiary/aromatic N) is 1. The highest BCUT2D eigenvalue weighted by molar-refractivity contribution is 9.10. The number of anilines is 1. The molecular formula is C14H17BrN2O. The van der Waals surface area contributed by atoms with E-state index in [1.54, 1.807) is 0 Å². The van der Waals surface area contributed by atoms with Crippen LogP contribution >= 0.6 is 15.9 Å². The monoisotopic (exact) mass is 308 g/mol. The Morgan fingerprint density at radius 2 is 2.00 bits per heavy atom. The summed E-state index contributed by atoms with van der Waals surface area (Å²) in [5.74, 6) is -0.787. The second-order valence-electron chi connectivity index (χ2n) is 4.37. The highest BCUT2D eigenvalue weighted by atomic mass is 79.9. The van der Waals surface area contributed by atoms with Crippen molar-refractivity contribution in [2.24, 2.45) is 5.92 Å². The molecule has 0 aliphatic rings. The van der Waals surface area contributed by atoms with Crippen LogP contribution in [0.15, 0.2) is 16.6 Å². The van der Waals surface area contributed by atoms with Crippen LogP contribution in [0, 0.1) is 31.1 Å². The van der Waals surface area contributed by atoms with Gasteiger partial charge in [-0.05, 0) is 43.5 Å². The Morgan fingerprint density at radius 1 is 1.44 bits per heavy atom. The van der Waals surface area contributed by atoms with Crippen LogP contribution in [0.2, 0.25) is 0 Å². The minimum absolute atomic E-state index is 0.215. The fraction of sp³-hybridized carbons (Fsp3) is 0.429. The number of hydrogen-bond donors (Lipinski definition) is 1. The van der Waals surface area contributed by atoms with Crippen molar-refractivity contribution in [3.8, 4) is 6.07 Å². The standard InChI is InChI=1S/C14H17BrN2O/c1-4-5-11(8-16)14(18)17-13-9(2)6-12(15)7-10(13)3/h6-7,11H,4-5H2,1-3H3,(H,17,18). The van der Waals surface area contributed by atoms with E-state index in [9.17, 15) is 4.79 Å². The normalized spacial score (nSPS) is 11.7. The van der Waals surface area contributed by atoms with Crippen LogP contribution in [0.4, 0.5) is 5.69 Å². The highest BCUT2D eigenvalue weighted by Gasteiger charge is 2.18. The maximum absolute atomic E-state index is 12.0. The molecule has 1 rings (SSSR count). The molecule has 1 aromatic rings. The summed E-state index contributed by atoms with van der Waals surface area (Å²) >= 11 is 3.42. The predicted octanol–water partition coefficient (Wildman–Crippen LogP) is 3.94. The van der Waals surface area contributed by atoms with Crippen molar-refractivity contribution in [1.82, 2.24) is 0 Å². The smallest absolute Gasteiger partial charge is 0.241 e. The van der Waals surface area contributed by atoms with Gasteiger partial charge in [-0.1, -0.05) is 29.3 Å². The number of amides is 1. The summed E-state index contributed by atoms with van der Waals surface area (Å²) in [7, 11) is 0. The summed E-state index contributed by atoms with van der Waals surface area (Å²) in [5.41, 5.74) is 2.78. The van der Waals surface area contributed by atoms with Gasteiger partial charge in [0.1, 0.15) is 5.92 Å². The van der Waals surface area contributed by atoms with Crippen molar-refractivity contribution in [2.75, 3.05) is 5.32 Å². The van der Waals surface area contributed by atoms with Crippen LogP contribution in [0.3, 0.4) is 0 Å². The van der Waals surface area contributed by atoms with E-state index in [4.69, 9.17) is 5.26 Å². The van der Waals surface area contributed by atoms with E-state index in [0.29, 0.717) is 6.42 Å². The van der Waals surface area contributed by atoms with E-state index in [0.717, 1.165) is 27.7 Å². The second-order valence-corrected chi connectivity index (χ2v) is 5.29. The Morgan fingerprint density at radius 3 is 2.44 bits per heavy atom. The van der Waals surface area contributed by atoms with E-state index in [1.807, 2.05) is 32.9 Å². The molecule has 0 heterocycles. The number of nitriles is 1. The van der Waals surface area contributed by atoms with Gasteiger partial charge in [0, 0.05) is 10.2 Å². The van der Waals surface area contributed by atoms with Gasteiger partial charge in [0.25, 0.3) is 0 Å².